The summed E-state index contributed by atoms with van der Waals surface area (Å²) in [4.78, 5) is 0.385. The van der Waals surface area contributed by atoms with Crippen LogP contribution in [0.4, 0.5) is 5.69 Å². The third kappa shape index (κ3) is 3.59. The van der Waals surface area contributed by atoms with Crippen LogP contribution in [0.2, 0.25) is 5.02 Å². The van der Waals surface area contributed by atoms with Crippen molar-refractivity contribution in [3.8, 4) is 0 Å². The maximum atomic E-state index is 6.21. The summed E-state index contributed by atoms with van der Waals surface area (Å²) in [5, 5.41) is 4.12. The topological polar surface area (TPSA) is 38.0 Å². The fourth-order valence-corrected chi connectivity index (χ4v) is 2.83. The maximum Gasteiger partial charge on any atom is 0.104 e. The molecule has 0 bridgehead atoms. The van der Waals surface area contributed by atoms with Crippen molar-refractivity contribution in [1.82, 2.24) is 0 Å². The molecule has 98 valence electrons. The predicted molar refractivity (Wildman–Crippen MR) is 82.4 cm³/mol. The second kappa shape index (κ2) is 6.39. The van der Waals surface area contributed by atoms with Gasteiger partial charge in [0.1, 0.15) is 4.99 Å². The zero-order valence-corrected chi connectivity index (χ0v) is 12.0. The van der Waals surface area contributed by atoms with Crippen molar-refractivity contribution in [2.24, 2.45) is 11.7 Å². The molecule has 1 fully saturated rings. The minimum absolute atomic E-state index is 0.385. The van der Waals surface area contributed by atoms with Crippen LogP contribution in [0.3, 0.4) is 0 Å². The quantitative estimate of drug-likeness (QED) is 0.821. The molecule has 2 nitrogen and oxygen atoms in total. The third-order valence-corrected chi connectivity index (χ3v) is 4.11. The van der Waals surface area contributed by atoms with E-state index in [1.165, 1.54) is 32.1 Å². The Bertz CT molecular complexity index is 428. The van der Waals surface area contributed by atoms with E-state index in [0.717, 1.165) is 23.7 Å². The Kier molecular flexibility index (Phi) is 4.84. The van der Waals surface area contributed by atoms with Gasteiger partial charge in [0, 0.05) is 12.1 Å². The average molecular weight is 283 g/mol. The van der Waals surface area contributed by atoms with Gasteiger partial charge in [-0.2, -0.15) is 0 Å². The molecule has 0 atom stereocenters. The molecule has 0 radical (unpaired) electrons. The van der Waals surface area contributed by atoms with Crippen molar-refractivity contribution in [3.05, 3.63) is 28.8 Å². The number of nitrogens with two attached hydrogens (primary N) is 1. The number of rotatable bonds is 4. The van der Waals surface area contributed by atoms with Crippen LogP contribution >= 0.6 is 23.8 Å². The molecule has 1 aromatic carbocycles. The van der Waals surface area contributed by atoms with E-state index in [9.17, 15) is 0 Å². The first-order valence-corrected chi connectivity index (χ1v) is 7.28. The summed E-state index contributed by atoms with van der Waals surface area (Å²) < 4.78 is 0. The lowest BCUT2D eigenvalue weighted by Crippen LogP contribution is -2.17. The van der Waals surface area contributed by atoms with Gasteiger partial charge in [-0.05, 0) is 37.0 Å². The molecular formula is C14H19ClN2S. The highest BCUT2D eigenvalue weighted by molar-refractivity contribution is 7.80. The van der Waals surface area contributed by atoms with Crippen LogP contribution in [-0.4, -0.2) is 11.5 Å². The fourth-order valence-electron chi connectivity index (χ4n) is 2.46. The van der Waals surface area contributed by atoms with E-state index in [-0.39, 0.29) is 0 Å². The van der Waals surface area contributed by atoms with Crippen molar-refractivity contribution >= 4 is 34.5 Å². The van der Waals surface area contributed by atoms with Gasteiger partial charge in [-0.15, -0.1) is 0 Å². The van der Waals surface area contributed by atoms with Gasteiger partial charge in [0.05, 0.1) is 10.7 Å². The first kappa shape index (κ1) is 13.6. The summed E-state index contributed by atoms with van der Waals surface area (Å²) in [5.41, 5.74) is 7.37. The van der Waals surface area contributed by atoms with Gasteiger partial charge in [0.2, 0.25) is 0 Å². The van der Waals surface area contributed by atoms with Gasteiger partial charge in [-0.25, -0.2) is 0 Å². The normalized spacial score (nSPS) is 16.5. The second-order valence-electron chi connectivity index (χ2n) is 4.94. The lowest BCUT2D eigenvalue weighted by molar-refractivity contribution is 0.373. The third-order valence-electron chi connectivity index (χ3n) is 3.56. The number of nitrogens with one attached hydrogen (secondary N) is 1. The molecule has 18 heavy (non-hydrogen) atoms. The predicted octanol–water partition coefficient (Wildman–Crippen LogP) is 3.97. The molecule has 0 heterocycles. The number of hydrogen-bond donors (Lipinski definition) is 2. The minimum Gasteiger partial charge on any atom is -0.389 e. The van der Waals surface area contributed by atoms with Gasteiger partial charge in [0.15, 0.2) is 0 Å². The summed E-state index contributed by atoms with van der Waals surface area (Å²) in [6, 6.07) is 5.70. The Morgan fingerprint density at radius 1 is 1.33 bits per heavy atom. The van der Waals surface area contributed by atoms with Crippen molar-refractivity contribution in [2.45, 2.75) is 32.1 Å². The summed E-state index contributed by atoms with van der Waals surface area (Å²) in [6.45, 7) is 1.01. The van der Waals surface area contributed by atoms with Gasteiger partial charge < -0.3 is 11.1 Å². The SMILES string of the molecule is NC(=S)c1ccc(NCC2CCCCC2)c(Cl)c1. The van der Waals surface area contributed by atoms with E-state index >= 15 is 0 Å². The first-order chi connectivity index (χ1) is 8.66. The number of thiocarbonyl (C=S) groups is 1. The second-order valence-corrected chi connectivity index (χ2v) is 5.79. The lowest BCUT2D eigenvalue weighted by atomic mass is 9.89. The molecule has 4 heteroatoms. The molecule has 0 aromatic heterocycles. The summed E-state index contributed by atoms with van der Waals surface area (Å²) >= 11 is 11.1. The molecule has 2 rings (SSSR count). The van der Waals surface area contributed by atoms with Crippen LogP contribution in [-0.2, 0) is 0 Å². The Hall–Kier alpha value is -0.800. The van der Waals surface area contributed by atoms with Crippen LogP contribution in [0, 0.1) is 5.92 Å². The highest BCUT2D eigenvalue weighted by Gasteiger charge is 2.13. The van der Waals surface area contributed by atoms with E-state index in [2.05, 4.69) is 5.32 Å². The molecule has 0 aliphatic heterocycles. The van der Waals surface area contributed by atoms with Crippen molar-refractivity contribution < 1.29 is 0 Å². The van der Waals surface area contributed by atoms with Gasteiger partial charge >= 0.3 is 0 Å². The standard InChI is InChI=1S/C14H19ClN2S/c15-12-8-11(14(16)18)6-7-13(12)17-9-10-4-2-1-3-5-10/h6-8,10,17H,1-5,9H2,(H2,16,18). The van der Waals surface area contributed by atoms with Gasteiger partial charge in [-0.1, -0.05) is 43.1 Å². The largest absolute Gasteiger partial charge is 0.389 e. The molecule has 0 unspecified atom stereocenters. The van der Waals surface area contributed by atoms with E-state index < -0.39 is 0 Å². The van der Waals surface area contributed by atoms with E-state index in [4.69, 9.17) is 29.6 Å². The zero-order valence-electron chi connectivity index (χ0n) is 10.4. The molecule has 1 aromatic rings. The highest BCUT2D eigenvalue weighted by Crippen LogP contribution is 2.27. The van der Waals surface area contributed by atoms with Crippen molar-refractivity contribution in [1.29, 1.82) is 0 Å². The van der Waals surface area contributed by atoms with Crippen LogP contribution in [0.25, 0.3) is 0 Å². The van der Waals surface area contributed by atoms with E-state index in [0.29, 0.717) is 10.0 Å². The molecule has 1 aliphatic rings. The van der Waals surface area contributed by atoms with Crippen LogP contribution in [0.1, 0.15) is 37.7 Å². The molecular weight excluding hydrogens is 264 g/mol. The molecule has 0 saturated heterocycles. The Morgan fingerprint density at radius 2 is 2.06 bits per heavy atom. The summed E-state index contributed by atoms with van der Waals surface area (Å²) in [5.74, 6) is 0.782. The molecule has 1 saturated carbocycles. The van der Waals surface area contributed by atoms with Crippen molar-refractivity contribution in [2.75, 3.05) is 11.9 Å². The van der Waals surface area contributed by atoms with E-state index in [1.54, 1.807) is 0 Å². The maximum absolute atomic E-state index is 6.21. The Balaban J connectivity index is 1.94. The number of anilines is 1. The van der Waals surface area contributed by atoms with Gasteiger partial charge in [0.25, 0.3) is 0 Å². The zero-order chi connectivity index (χ0) is 13.0. The van der Waals surface area contributed by atoms with Crippen LogP contribution < -0.4 is 11.1 Å². The first-order valence-electron chi connectivity index (χ1n) is 6.50. The number of benzene rings is 1. The number of hydrogen-bond acceptors (Lipinski definition) is 2. The Morgan fingerprint density at radius 3 is 2.67 bits per heavy atom. The molecule has 0 spiro atoms. The molecule has 1 aliphatic carbocycles. The van der Waals surface area contributed by atoms with Crippen LogP contribution in [0.15, 0.2) is 18.2 Å². The number of halogens is 1. The van der Waals surface area contributed by atoms with Crippen LogP contribution in [0.5, 0.6) is 0 Å². The molecule has 3 N–H and O–H groups in total. The van der Waals surface area contributed by atoms with Gasteiger partial charge in [-0.3, -0.25) is 0 Å². The van der Waals surface area contributed by atoms with Crippen molar-refractivity contribution in [3.63, 3.8) is 0 Å². The highest BCUT2D eigenvalue weighted by atomic mass is 35.5. The average Bonchev–Trinajstić information content (AvgIpc) is 2.38. The fraction of sp³-hybridized carbons (Fsp3) is 0.500. The van der Waals surface area contributed by atoms with E-state index in [1.807, 2.05) is 18.2 Å². The summed E-state index contributed by atoms with van der Waals surface area (Å²) in [6.07, 6.45) is 6.77. The lowest BCUT2D eigenvalue weighted by Gasteiger charge is -2.22. The summed E-state index contributed by atoms with van der Waals surface area (Å²) in [7, 11) is 0. The Labute approximate surface area is 119 Å². The monoisotopic (exact) mass is 282 g/mol. The smallest absolute Gasteiger partial charge is 0.104 e. The molecule has 0 amide bonds. The minimum atomic E-state index is 0.385.